The molecule has 2 amide bonds. The van der Waals surface area contributed by atoms with Crippen molar-refractivity contribution in [1.29, 1.82) is 0 Å². The Morgan fingerprint density at radius 1 is 1.19 bits per heavy atom. The molecule has 1 aliphatic rings. The van der Waals surface area contributed by atoms with Crippen LogP contribution in [-0.2, 0) is 19.1 Å². The van der Waals surface area contributed by atoms with E-state index in [9.17, 15) is 14.4 Å². The molecule has 1 heterocycles. The number of hydrogen-bond acceptors (Lipinski definition) is 6. The minimum Gasteiger partial charge on any atom is -0.455 e. The summed E-state index contributed by atoms with van der Waals surface area (Å²) in [6.45, 7) is 13.1. The number of amides is 2. The molecule has 0 saturated carbocycles. The van der Waals surface area contributed by atoms with Crippen LogP contribution in [-0.4, -0.2) is 60.8 Å². The predicted molar refractivity (Wildman–Crippen MR) is 125 cm³/mol. The summed E-state index contributed by atoms with van der Waals surface area (Å²) in [5.74, 6) is -1.33. The molecule has 1 saturated heterocycles. The maximum absolute atomic E-state index is 12.4. The average molecular weight is 448 g/mol. The van der Waals surface area contributed by atoms with Crippen LogP contribution in [0.25, 0.3) is 0 Å². The lowest BCUT2D eigenvalue weighted by Gasteiger charge is -2.33. The van der Waals surface area contributed by atoms with Gasteiger partial charge in [0.25, 0.3) is 5.91 Å². The normalized spacial score (nSPS) is 16.5. The Bertz CT molecular complexity index is 786. The van der Waals surface area contributed by atoms with Gasteiger partial charge in [0.1, 0.15) is 5.60 Å². The quantitative estimate of drug-likeness (QED) is 0.635. The number of ether oxygens (including phenoxy) is 2. The topological polar surface area (TPSA) is 88.2 Å². The summed E-state index contributed by atoms with van der Waals surface area (Å²) in [6, 6.07) is 7.96. The Balaban J connectivity index is 1.82. The summed E-state index contributed by atoms with van der Waals surface area (Å²) in [7, 11) is 0. The van der Waals surface area contributed by atoms with Crippen LogP contribution in [0.1, 0.15) is 54.4 Å². The van der Waals surface area contributed by atoms with Gasteiger partial charge in [-0.3, -0.25) is 9.59 Å². The number of carbonyl (C=O) groups is 3. The number of rotatable bonds is 7. The summed E-state index contributed by atoms with van der Waals surface area (Å²) in [5.41, 5.74) is 1.13. The van der Waals surface area contributed by atoms with Crippen molar-refractivity contribution in [3.8, 4) is 0 Å². The highest BCUT2D eigenvalue weighted by Crippen LogP contribution is 2.21. The van der Waals surface area contributed by atoms with Gasteiger partial charge in [0.15, 0.2) is 6.61 Å². The van der Waals surface area contributed by atoms with E-state index in [1.165, 1.54) is 4.90 Å². The van der Waals surface area contributed by atoms with Crippen LogP contribution in [0.4, 0.5) is 16.2 Å². The highest BCUT2D eigenvalue weighted by Gasteiger charge is 2.32. The van der Waals surface area contributed by atoms with Gasteiger partial charge in [0, 0.05) is 37.1 Å². The minimum absolute atomic E-state index is 0.237. The van der Waals surface area contributed by atoms with E-state index in [0.29, 0.717) is 31.1 Å². The van der Waals surface area contributed by atoms with Crippen molar-refractivity contribution in [3.05, 3.63) is 24.3 Å². The highest BCUT2D eigenvalue weighted by atomic mass is 16.6. The lowest BCUT2D eigenvalue weighted by molar-refractivity contribution is -0.153. The second-order valence-corrected chi connectivity index (χ2v) is 9.35. The molecule has 0 aromatic heterocycles. The number of esters is 1. The first-order chi connectivity index (χ1) is 15.0. The van der Waals surface area contributed by atoms with Crippen molar-refractivity contribution in [2.75, 3.05) is 36.5 Å². The molecule has 2 rings (SSSR count). The molecule has 1 aromatic carbocycles. The van der Waals surface area contributed by atoms with Crippen LogP contribution < -0.4 is 10.2 Å². The average Bonchev–Trinajstić information content (AvgIpc) is 2.72. The molecule has 0 bridgehead atoms. The van der Waals surface area contributed by atoms with Gasteiger partial charge in [0.05, 0.1) is 5.92 Å². The Hall–Kier alpha value is -2.77. The van der Waals surface area contributed by atoms with Crippen LogP contribution in [0.2, 0.25) is 0 Å². The van der Waals surface area contributed by atoms with E-state index >= 15 is 0 Å². The molecular formula is C24H37N3O5. The van der Waals surface area contributed by atoms with Gasteiger partial charge < -0.3 is 24.6 Å². The molecule has 1 N–H and O–H groups in total. The lowest BCUT2D eigenvalue weighted by Crippen LogP contribution is -2.45. The van der Waals surface area contributed by atoms with E-state index in [1.807, 2.05) is 24.3 Å². The van der Waals surface area contributed by atoms with E-state index in [2.05, 4.69) is 31.0 Å². The number of anilines is 2. The van der Waals surface area contributed by atoms with E-state index in [4.69, 9.17) is 9.47 Å². The molecular weight excluding hydrogens is 410 g/mol. The SMILES string of the molecule is CCN(c1ccc(NC(=O)COC(=O)C2CCCN(C(=O)OC(C)(C)C)C2)cc1)C(C)C. The van der Waals surface area contributed by atoms with Crippen molar-refractivity contribution in [1.82, 2.24) is 4.90 Å². The van der Waals surface area contributed by atoms with Crippen LogP contribution in [0.3, 0.4) is 0 Å². The Kier molecular flexibility index (Phi) is 8.92. The van der Waals surface area contributed by atoms with Gasteiger partial charge in [-0.1, -0.05) is 0 Å². The third-order valence-corrected chi connectivity index (χ3v) is 5.20. The fourth-order valence-corrected chi connectivity index (χ4v) is 3.70. The van der Waals surface area contributed by atoms with Crippen molar-refractivity contribution < 1.29 is 23.9 Å². The van der Waals surface area contributed by atoms with Crippen molar-refractivity contribution in [2.24, 2.45) is 5.92 Å². The van der Waals surface area contributed by atoms with E-state index in [0.717, 1.165) is 12.2 Å². The zero-order valence-corrected chi connectivity index (χ0v) is 20.1. The number of nitrogens with one attached hydrogen (secondary N) is 1. The van der Waals surface area contributed by atoms with Gasteiger partial charge in [-0.2, -0.15) is 0 Å². The minimum atomic E-state index is -0.593. The first-order valence-corrected chi connectivity index (χ1v) is 11.3. The van der Waals surface area contributed by atoms with Crippen LogP contribution in [0.5, 0.6) is 0 Å². The lowest BCUT2D eigenvalue weighted by atomic mass is 9.98. The standard InChI is InChI=1S/C24H37N3O5/c1-7-27(17(2)3)20-12-10-19(11-13-20)25-21(28)16-31-22(29)18-9-8-14-26(15-18)23(30)32-24(4,5)6/h10-13,17-18H,7-9,14-16H2,1-6H3,(H,25,28). The Morgan fingerprint density at radius 2 is 1.84 bits per heavy atom. The van der Waals surface area contributed by atoms with E-state index in [-0.39, 0.29) is 13.2 Å². The zero-order valence-electron chi connectivity index (χ0n) is 20.1. The summed E-state index contributed by atoms with van der Waals surface area (Å²) in [4.78, 5) is 40.7. The summed E-state index contributed by atoms with van der Waals surface area (Å²) >= 11 is 0. The highest BCUT2D eigenvalue weighted by molar-refractivity contribution is 5.93. The molecule has 1 aliphatic heterocycles. The molecule has 1 fully saturated rings. The van der Waals surface area contributed by atoms with Gasteiger partial charge in [0.2, 0.25) is 0 Å². The molecule has 1 unspecified atom stereocenters. The molecule has 178 valence electrons. The molecule has 8 heteroatoms. The van der Waals surface area contributed by atoms with E-state index < -0.39 is 29.5 Å². The number of carbonyl (C=O) groups excluding carboxylic acids is 3. The van der Waals surface area contributed by atoms with Crippen molar-refractivity contribution in [2.45, 2.75) is 66.0 Å². The third kappa shape index (κ3) is 7.73. The largest absolute Gasteiger partial charge is 0.455 e. The molecule has 0 spiro atoms. The van der Waals surface area contributed by atoms with Crippen LogP contribution in [0, 0.1) is 5.92 Å². The van der Waals surface area contributed by atoms with Gasteiger partial charge in [-0.15, -0.1) is 0 Å². The number of nitrogens with zero attached hydrogens (tertiary/aromatic N) is 2. The zero-order chi connectivity index (χ0) is 23.9. The Morgan fingerprint density at radius 3 is 2.41 bits per heavy atom. The fourth-order valence-electron chi connectivity index (χ4n) is 3.70. The number of benzene rings is 1. The molecule has 0 aliphatic carbocycles. The Labute approximate surface area is 191 Å². The first kappa shape index (κ1) is 25.5. The monoisotopic (exact) mass is 447 g/mol. The predicted octanol–water partition coefficient (Wildman–Crippen LogP) is 4.05. The van der Waals surface area contributed by atoms with Crippen LogP contribution in [0.15, 0.2) is 24.3 Å². The van der Waals surface area contributed by atoms with Crippen molar-refractivity contribution in [3.63, 3.8) is 0 Å². The number of hydrogen-bond donors (Lipinski definition) is 1. The van der Waals surface area contributed by atoms with Gasteiger partial charge >= 0.3 is 12.1 Å². The molecule has 0 radical (unpaired) electrons. The third-order valence-electron chi connectivity index (χ3n) is 5.20. The second-order valence-electron chi connectivity index (χ2n) is 9.35. The van der Waals surface area contributed by atoms with Crippen molar-refractivity contribution >= 4 is 29.3 Å². The molecule has 1 atom stereocenters. The van der Waals surface area contributed by atoms with Gasteiger partial charge in [-0.25, -0.2) is 4.79 Å². The first-order valence-electron chi connectivity index (χ1n) is 11.3. The smallest absolute Gasteiger partial charge is 0.410 e. The van der Waals surface area contributed by atoms with E-state index in [1.54, 1.807) is 20.8 Å². The number of likely N-dealkylation sites (tertiary alicyclic amines) is 1. The molecule has 8 nitrogen and oxygen atoms in total. The summed E-state index contributed by atoms with van der Waals surface area (Å²) in [5, 5.41) is 2.75. The van der Waals surface area contributed by atoms with Crippen LogP contribution >= 0.6 is 0 Å². The molecule has 32 heavy (non-hydrogen) atoms. The second kappa shape index (κ2) is 11.2. The maximum Gasteiger partial charge on any atom is 0.410 e. The number of piperidine rings is 1. The summed E-state index contributed by atoms with van der Waals surface area (Å²) in [6.07, 6.45) is 0.864. The van der Waals surface area contributed by atoms with Gasteiger partial charge in [-0.05, 0) is 78.6 Å². The summed E-state index contributed by atoms with van der Waals surface area (Å²) < 4.78 is 10.6. The fraction of sp³-hybridized carbons (Fsp3) is 0.625. The maximum atomic E-state index is 12.4. The molecule has 1 aromatic rings.